The highest BCUT2D eigenvalue weighted by Gasteiger charge is 2.20. The van der Waals surface area contributed by atoms with Crippen LogP contribution >= 0.6 is 0 Å². The molecule has 0 aromatic carbocycles. The standard InChI is InChI=1S/C15H19N3O2/c19-13-4-3-7-17(9-6-13)15(20)10-12-11-16-18-8-2-1-5-14(12)18/h1-2,5,8,11,13,19H,3-4,6-7,9-10H2. The summed E-state index contributed by atoms with van der Waals surface area (Å²) in [4.78, 5) is 14.2. The van der Waals surface area contributed by atoms with Crippen molar-refractivity contribution in [1.82, 2.24) is 14.5 Å². The van der Waals surface area contributed by atoms with E-state index in [0.29, 0.717) is 19.4 Å². The number of pyridine rings is 1. The van der Waals surface area contributed by atoms with E-state index in [2.05, 4.69) is 5.10 Å². The van der Waals surface area contributed by atoms with Gasteiger partial charge in [-0.05, 0) is 31.4 Å². The van der Waals surface area contributed by atoms with Gasteiger partial charge in [-0.3, -0.25) is 4.79 Å². The summed E-state index contributed by atoms with van der Waals surface area (Å²) in [5, 5.41) is 13.9. The third-order valence-electron chi connectivity index (χ3n) is 3.90. The van der Waals surface area contributed by atoms with Crippen LogP contribution in [0.2, 0.25) is 0 Å². The van der Waals surface area contributed by atoms with E-state index in [9.17, 15) is 9.90 Å². The molecule has 1 atom stereocenters. The van der Waals surface area contributed by atoms with Crippen LogP contribution in [0.25, 0.3) is 5.52 Å². The molecule has 3 heterocycles. The molecule has 106 valence electrons. The first kappa shape index (κ1) is 13.1. The first-order valence-corrected chi connectivity index (χ1v) is 7.11. The van der Waals surface area contributed by atoms with Gasteiger partial charge < -0.3 is 10.0 Å². The number of carbonyl (C=O) groups is 1. The molecule has 1 aliphatic heterocycles. The second kappa shape index (κ2) is 5.63. The zero-order chi connectivity index (χ0) is 13.9. The largest absolute Gasteiger partial charge is 0.393 e. The fraction of sp³-hybridized carbons (Fsp3) is 0.467. The van der Waals surface area contributed by atoms with E-state index in [1.807, 2.05) is 29.3 Å². The minimum absolute atomic E-state index is 0.123. The molecule has 0 bridgehead atoms. The Morgan fingerprint density at radius 1 is 1.35 bits per heavy atom. The minimum Gasteiger partial charge on any atom is -0.393 e. The molecule has 0 aliphatic carbocycles. The molecule has 0 spiro atoms. The summed E-state index contributed by atoms with van der Waals surface area (Å²) in [6.07, 6.45) is 6.11. The predicted molar refractivity (Wildman–Crippen MR) is 75.3 cm³/mol. The molecule has 0 saturated carbocycles. The Labute approximate surface area is 117 Å². The van der Waals surface area contributed by atoms with Crippen LogP contribution in [0.5, 0.6) is 0 Å². The summed E-state index contributed by atoms with van der Waals surface area (Å²) in [6.45, 7) is 1.40. The van der Waals surface area contributed by atoms with Crippen LogP contribution in [-0.2, 0) is 11.2 Å². The Morgan fingerprint density at radius 2 is 2.25 bits per heavy atom. The topological polar surface area (TPSA) is 57.8 Å². The van der Waals surface area contributed by atoms with E-state index in [1.54, 1.807) is 10.7 Å². The van der Waals surface area contributed by atoms with Gasteiger partial charge in [-0.15, -0.1) is 0 Å². The smallest absolute Gasteiger partial charge is 0.227 e. The summed E-state index contributed by atoms with van der Waals surface area (Å²) in [6, 6.07) is 5.84. The van der Waals surface area contributed by atoms with E-state index < -0.39 is 0 Å². The molecule has 1 saturated heterocycles. The lowest BCUT2D eigenvalue weighted by Gasteiger charge is -2.20. The van der Waals surface area contributed by atoms with Crippen molar-refractivity contribution in [3.63, 3.8) is 0 Å². The van der Waals surface area contributed by atoms with Gasteiger partial charge in [-0.1, -0.05) is 6.07 Å². The summed E-state index contributed by atoms with van der Waals surface area (Å²) in [5.41, 5.74) is 1.94. The van der Waals surface area contributed by atoms with Crippen molar-refractivity contribution in [2.45, 2.75) is 31.8 Å². The Balaban J connectivity index is 1.72. The molecule has 1 amide bonds. The van der Waals surface area contributed by atoms with Gasteiger partial charge in [-0.2, -0.15) is 5.10 Å². The van der Waals surface area contributed by atoms with Crippen LogP contribution in [0.15, 0.2) is 30.6 Å². The third-order valence-corrected chi connectivity index (χ3v) is 3.90. The molecule has 1 unspecified atom stereocenters. The number of rotatable bonds is 2. The number of fused-ring (bicyclic) bond motifs is 1. The number of aromatic nitrogens is 2. The maximum absolute atomic E-state index is 12.4. The summed E-state index contributed by atoms with van der Waals surface area (Å²) >= 11 is 0. The molecular weight excluding hydrogens is 254 g/mol. The van der Waals surface area contributed by atoms with Gasteiger partial charge >= 0.3 is 0 Å². The van der Waals surface area contributed by atoms with Crippen LogP contribution in [0.1, 0.15) is 24.8 Å². The SMILES string of the molecule is O=C(Cc1cnn2ccccc12)N1CCCC(O)CC1. The van der Waals surface area contributed by atoms with E-state index in [4.69, 9.17) is 0 Å². The van der Waals surface area contributed by atoms with Gasteiger partial charge in [0.1, 0.15) is 0 Å². The summed E-state index contributed by atoms with van der Waals surface area (Å²) in [7, 11) is 0. The molecule has 2 aromatic rings. The lowest BCUT2D eigenvalue weighted by molar-refractivity contribution is -0.130. The lowest BCUT2D eigenvalue weighted by atomic mass is 10.2. The van der Waals surface area contributed by atoms with E-state index >= 15 is 0 Å². The number of nitrogens with zero attached hydrogens (tertiary/aromatic N) is 3. The number of aliphatic hydroxyl groups excluding tert-OH is 1. The number of amides is 1. The van der Waals surface area contributed by atoms with Crippen LogP contribution in [0, 0.1) is 0 Å². The lowest BCUT2D eigenvalue weighted by Crippen LogP contribution is -2.33. The summed E-state index contributed by atoms with van der Waals surface area (Å²) < 4.78 is 1.79. The Bertz CT molecular complexity index is 608. The first-order valence-electron chi connectivity index (χ1n) is 7.11. The fourth-order valence-corrected chi connectivity index (χ4v) is 2.73. The highest BCUT2D eigenvalue weighted by Crippen LogP contribution is 2.15. The second-order valence-electron chi connectivity index (χ2n) is 5.34. The molecule has 1 aliphatic rings. The van der Waals surface area contributed by atoms with Crippen molar-refractivity contribution in [1.29, 1.82) is 0 Å². The quantitative estimate of drug-likeness (QED) is 0.896. The maximum Gasteiger partial charge on any atom is 0.227 e. The van der Waals surface area contributed by atoms with Crippen molar-refractivity contribution in [3.05, 3.63) is 36.2 Å². The van der Waals surface area contributed by atoms with E-state index in [-0.39, 0.29) is 12.0 Å². The van der Waals surface area contributed by atoms with Crippen molar-refractivity contribution in [2.75, 3.05) is 13.1 Å². The summed E-state index contributed by atoms with van der Waals surface area (Å²) in [5.74, 6) is 0.123. The van der Waals surface area contributed by atoms with Gasteiger partial charge in [0.2, 0.25) is 5.91 Å². The molecule has 1 N–H and O–H groups in total. The van der Waals surface area contributed by atoms with Gasteiger partial charge in [-0.25, -0.2) is 4.52 Å². The molecule has 5 heteroatoms. The average molecular weight is 273 g/mol. The highest BCUT2D eigenvalue weighted by atomic mass is 16.3. The Kier molecular flexibility index (Phi) is 3.69. The van der Waals surface area contributed by atoms with Gasteiger partial charge in [0, 0.05) is 24.8 Å². The zero-order valence-electron chi connectivity index (χ0n) is 11.4. The minimum atomic E-state index is -0.259. The Hall–Kier alpha value is -1.88. The van der Waals surface area contributed by atoms with Crippen LogP contribution in [0.4, 0.5) is 0 Å². The molecule has 5 nitrogen and oxygen atoms in total. The molecule has 1 fully saturated rings. The number of aliphatic hydroxyl groups is 1. The number of likely N-dealkylation sites (tertiary alicyclic amines) is 1. The zero-order valence-corrected chi connectivity index (χ0v) is 11.4. The second-order valence-corrected chi connectivity index (χ2v) is 5.34. The molecule has 3 rings (SSSR count). The highest BCUT2D eigenvalue weighted by molar-refractivity contribution is 5.81. The number of carbonyl (C=O) groups excluding carboxylic acids is 1. The number of hydrogen-bond donors (Lipinski definition) is 1. The van der Waals surface area contributed by atoms with Gasteiger partial charge in [0.15, 0.2) is 0 Å². The van der Waals surface area contributed by atoms with Crippen molar-refractivity contribution < 1.29 is 9.90 Å². The Morgan fingerprint density at radius 3 is 3.15 bits per heavy atom. The normalized spacial score (nSPS) is 20.1. The van der Waals surface area contributed by atoms with Crippen molar-refractivity contribution in [3.8, 4) is 0 Å². The van der Waals surface area contributed by atoms with Crippen LogP contribution in [-0.4, -0.2) is 44.7 Å². The molecular formula is C15H19N3O2. The van der Waals surface area contributed by atoms with Gasteiger partial charge in [0.25, 0.3) is 0 Å². The van der Waals surface area contributed by atoms with Crippen molar-refractivity contribution >= 4 is 11.4 Å². The van der Waals surface area contributed by atoms with E-state index in [0.717, 1.165) is 30.5 Å². The maximum atomic E-state index is 12.4. The van der Waals surface area contributed by atoms with Gasteiger partial charge in [0.05, 0.1) is 24.2 Å². The monoisotopic (exact) mass is 273 g/mol. The average Bonchev–Trinajstić information content (AvgIpc) is 2.72. The number of hydrogen-bond acceptors (Lipinski definition) is 3. The molecule has 20 heavy (non-hydrogen) atoms. The third kappa shape index (κ3) is 2.67. The molecule has 0 radical (unpaired) electrons. The predicted octanol–water partition coefficient (Wildman–Crippen LogP) is 1.25. The molecule has 2 aromatic heterocycles. The van der Waals surface area contributed by atoms with Crippen LogP contribution < -0.4 is 0 Å². The van der Waals surface area contributed by atoms with E-state index in [1.165, 1.54) is 0 Å². The van der Waals surface area contributed by atoms with Crippen LogP contribution in [0.3, 0.4) is 0 Å². The first-order chi connectivity index (χ1) is 9.74. The van der Waals surface area contributed by atoms with Crippen molar-refractivity contribution in [2.24, 2.45) is 0 Å². The fourth-order valence-electron chi connectivity index (χ4n) is 2.73.